The molecule has 26 heavy (non-hydrogen) atoms. The normalized spacial score (nSPS) is 11.5. The van der Waals surface area contributed by atoms with Crippen LogP contribution in [-0.2, 0) is 10.1 Å². The lowest BCUT2D eigenvalue weighted by Gasteiger charge is -2.05. The van der Waals surface area contributed by atoms with E-state index in [0.717, 1.165) is 11.3 Å². The van der Waals surface area contributed by atoms with Gasteiger partial charge >= 0.3 is 0 Å². The Hall–Kier alpha value is -2.15. The highest BCUT2D eigenvalue weighted by Crippen LogP contribution is 2.18. The van der Waals surface area contributed by atoms with Crippen molar-refractivity contribution in [2.75, 3.05) is 13.2 Å². The van der Waals surface area contributed by atoms with E-state index in [1.165, 1.54) is 23.3 Å². The Kier molecular flexibility index (Phi) is 9.05. The average Bonchev–Trinajstić information content (AvgIpc) is 2.61. The monoisotopic (exact) mass is 378 g/mol. The molecule has 0 saturated heterocycles. The molecule has 0 aromatic heterocycles. The molecule has 0 aliphatic heterocycles. The smallest absolute Gasteiger partial charge is 0.294 e. The van der Waals surface area contributed by atoms with Crippen LogP contribution in [-0.4, -0.2) is 31.3 Å². The first kappa shape index (κ1) is 21.9. The molecule has 2 aromatic rings. The molecular weight excluding hydrogens is 352 g/mol. The van der Waals surface area contributed by atoms with Gasteiger partial charge in [-0.15, -0.1) is 0 Å². The minimum atomic E-state index is -4.02. The summed E-state index contributed by atoms with van der Waals surface area (Å²) in [6.07, 6.45) is 2.74. The summed E-state index contributed by atoms with van der Waals surface area (Å²) in [5.41, 5.74) is 3.32. The molecule has 0 atom stereocenters. The molecule has 0 heterocycles. The molecule has 0 saturated carbocycles. The van der Waals surface area contributed by atoms with E-state index in [1.807, 2.05) is 51.1 Å². The molecule has 0 spiro atoms. The number of ether oxygens (including phenoxy) is 1. The number of hydrogen-bond acceptors (Lipinski definition) is 4. The summed E-state index contributed by atoms with van der Waals surface area (Å²) in [5, 5.41) is 8.71. The highest BCUT2D eigenvalue weighted by atomic mass is 32.2. The van der Waals surface area contributed by atoms with Gasteiger partial charge in [-0.1, -0.05) is 35.9 Å². The molecule has 0 amide bonds. The van der Waals surface area contributed by atoms with Gasteiger partial charge < -0.3 is 9.84 Å². The summed E-state index contributed by atoms with van der Waals surface area (Å²) in [6.45, 7) is 6.76. The van der Waals surface area contributed by atoms with Crippen LogP contribution < -0.4 is 4.74 Å². The van der Waals surface area contributed by atoms with E-state index in [2.05, 4.69) is 0 Å². The second kappa shape index (κ2) is 10.8. The summed E-state index contributed by atoms with van der Waals surface area (Å²) < 4.78 is 34.9. The second-order valence-corrected chi connectivity index (χ2v) is 7.07. The lowest BCUT2D eigenvalue weighted by atomic mass is 10.1. The van der Waals surface area contributed by atoms with Crippen LogP contribution in [0.2, 0.25) is 0 Å². The molecule has 142 valence electrons. The van der Waals surface area contributed by atoms with E-state index < -0.39 is 10.1 Å². The molecule has 0 unspecified atom stereocenters. The molecule has 0 radical (unpaired) electrons. The average molecular weight is 378 g/mol. The first-order chi connectivity index (χ1) is 12.3. The fourth-order valence-electron chi connectivity index (χ4n) is 2.09. The van der Waals surface area contributed by atoms with Crippen LogP contribution in [0.3, 0.4) is 0 Å². The Morgan fingerprint density at radius 1 is 1.08 bits per heavy atom. The molecule has 5 nitrogen and oxygen atoms in total. The van der Waals surface area contributed by atoms with Crippen molar-refractivity contribution in [3.63, 3.8) is 0 Å². The number of rotatable bonds is 6. The number of hydrogen-bond donors (Lipinski definition) is 2. The van der Waals surface area contributed by atoms with Crippen molar-refractivity contribution >= 4 is 15.7 Å². The van der Waals surface area contributed by atoms with Gasteiger partial charge in [0.15, 0.2) is 0 Å². The van der Waals surface area contributed by atoms with Crippen molar-refractivity contribution in [2.45, 2.75) is 32.1 Å². The molecule has 0 aliphatic carbocycles. The van der Waals surface area contributed by atoms with Crippen LogP contribution in [0.5, 0.6) is 5.75 Å². The predicted octanol–water partition coefficient (Wildman–Crippen LogP) is 4.11. The summed E-state index contributed by atoms with van der Waals surface area (Å²) >= 11 is 0. The zero-order chi connectivity index (χ0) is 19.6. The third kappa shape index (κ3) is 7.82. The summed E-state index contributed by atoms with van der Waals surface area (Å²) in [5.74, 6) is 0.899. The van der Waals surface area contributed by atoms with Crippen LogP contribution in [0.1, 0.15) is 31.4 Å². The Balaban J connectivity index is 0.000000273. The van der Waals surface area contributed by atoms with Crippen LogP contribution >= 0.6 is 0 Å². The van der Waals surface area contributed by atoms with Gasteiger partial charge in [-0.3, -0.25) is 4.55 Å². The molecule has 2 rings (SSSR count). The third-order valence-corrected chi connectivity index (χ3v) is 4.39. The van der Waals surface area contributed by atoms with Gasteiger partial charge in [0.2, 0.25) is 0 Å². The molecule has 0 bridgehead atoms. The van der Waals surface area contributed by atoms with Gasteiger partial charge in [0.25, 0.3) is 10.1 Å². The number of aryl methyl sites for hydroxylation is 1. The Morgan fingerprint density at radius 3 is 2.12 bits per heavy atom. The largest absolute Gasteiger partial charge is 0.494 e. The molecule has 2 aromatic carbocycles. The summed E-state index contributed by atoms with van der Waals surface area (Å²) in [7, 11) is -4.02. The summed E-state index contributed by atoms with van der Waals surface area (Å²) in [6, 6.07) is 14.0. The van der Waals surface area contributed by atoms with E-state index >= 15 is 0 Å². The third-order valence-electron chi connectivity index (χ3n) is 3.52. The second-order valence-electron chi connectivity index (χ2n) is 5.64. The van der Waals surface area contributed by atoms with Gasteiger partial charge in [0.1, 0.15) is 5.75 Å². The Labute approximate surface area is 155 Å². The highest BCUT2D eigenvalue weighted by Gasteiger charge is 2.06. The maximum Gasteiger partial charge on any atom is 0.294 e. The van der Waals surface area contributed by atoms with Crippen LogP contribution in [0.25, 0.3) is 5.57 Å². The van der Waals surface area contributed by atoms with Gasteiger partial charge in [-0.05, 0) is 62.6 Å². The van der Waals surface area contributed by atoms with Crippen molar-refractivity contribution in [1.82, 2.24) is 0 Å². The van der Waals surface area contributed by atoms with Crippen molar-refractivity contribution < 1.29 is 22.8 Å². The van der Waals surface area contributed by atoms with Crippen LogP contribution in [0.4, 0.5) is 0 Å². The topological polar surface area (TPSA) is 83.8 Å². The summed E-state index contributed by atoms with van der Waals surface area (Å²) in [4.78, 5) is -0.0666. The predicted molar refractivity (Wildman–Crippen MR) is 104 cm³/mol. The number of aliphatic hydroxyl groups is 1. The number of aliphatic hydroxyl groups excluding tert-OH is 1. The Morgan fingerprint density at radius 2 is 1.65 bits per heavy atom. The maximum absolute atomic E-state index is 10.5. The number of benzene rings is 2. The zero-order valence-corrected chi connectivity index (χ0v) is 16.2. The molecule has 6 heteroatoms. The van der Waals surface area contributed by atoms with E-state index in [0.29, 0.717) is 13.0 Å². The van der Waals surface area contributed by atoms with Crippen molar-refractivity contribution in [3.8, 4) is 5.75 Å². The van der Waals surface area contributed by atoms with Crippen molar-refractivity contribution in [3.05, 3.63) is 65.7 Å². The highest BCUT2D eigenvalue weighted by molar-refractivity contribution is 7.85. The van der Waals surface area contributed by atoms with Gasteiger partial charge in [0, 0.05) is 6.61 Å². The van der Waals surface area contributed by atoms with Crippen molar-refractivity contribution in [2.24, 2.45) is 0 Å². The fourth-order valence-corrected chi connectivity index (χ4v) is 2.57. The Bertz CT molecular complexity index is 791. The van der Waals surface area contributed by atoms with Crippen LogP contribution in [0, 0.1) is 6.92 Å². The quantitative estimate of drug-likeness (QED) is 0.739. The molecule has 2 N–H and O–H groups in total. The number of allylic oxidation sites excluding steroid dienone is 1. The maximum atomic E-state index is 10.5. The minimum Gasteiger partial charge on any atom is -0.494 e. The van der Waals surface area contributed by atoms with E-state index in [4.69, 9.17) is 14.4 Å². The SMILES string of the molecule is CCOc1ccc(C(C)=CCCO)cc1.Cc1ccc(S(=O)(=O)O)cc1. The first-order valence-corrected chi connectivity index (χ1v) is 9.77. The molecule has 0 aliphatic rings. The molecular formula is C20H26O5S. The van der Waals surface area contributed by atoms with Crippen LogP contribution in [0.15, 0.2) is 59.5 Å². The van der Waals surface area contributed by atoms with Gasteiger partial charge in [-0.2, -0.15) is 8.42 Å². The fraction of sp³-hybridized carbons (Fsp3) is 0.300. The minimum absolute atomic E-state index is 0.0666. The van der Waals surface area contributed by atoms with E-state index in [1.54, 1.807) is 12.1 Å². The molecule has 0 fully saturated rings. The lowest BCUT2D eigenvalue weighted by molar-refractivity contribution is 0.303. The van der Waals surface area contributed by atoms with E-state index in [9.17, 15) is 8.42 Å². The first-order valence-electron chi connectivity index (χ1n) is 8.33. The standard InChI is InChI=1S/C13H18O2.C7H8O3S/c1-3-15-13-8-6-12(7-9-13)11(2)5-4-10-14;1-6-2-4-7(5-3-6)11(8,9)10/h5-9,14H,3-4,10H2,1-2H3;2-5H,1H3,(H,8,9,10). The van der Waals surface area contributed by atoms with Crippen molar-refractivity contribution in [1.29, 1.82) is 0 Å². The van der Waals surface area contributed by atoms with Gasteiger partial charge in [-0.25, -0.2) is 0 Å². The lowest BCUT2D eigenvalue weighted by Crippen LogP contribution is -1.96. The zero-order valence-electron chi connectivity index (χ0n) is 15.3. The van der Waals surface area contributed by atoms with E-state index in [-0.39, 0.29) is 11.5 Å². The van der Waals surface area contributed by atoms with Gasteiger partial charge in [0.05, 0.1) is 11.5 Å².